The van der Waals surface area contributed by atoms with Crippen LogP contribution in [0.5, 0.6) is 0 Å². The summed E-state index contributed by atoms with van der Waals surface area (Å²) >= 11 is 1.68. The fourth-order valence-corrected chi connectivity index (χ4v) is 3.37. The smallest absolute Gasteiger partial charge is 0.191 e. The summed E-state index contributed by atoms with van der Waals surface area (Å²) in [5.74, 6) is 0.630. The van der Waals surface area contributed by atoms with Gasteiger partial charge in [-0.25, -0.2) is 9.98 Å². The minimum absolute atomic E-state index is 0.617. The molecule has 1 aromatic carbocycles. The van der Waals surface area contributed by atoms with Crippen molar-refractivity contribution in [3.63, 3.8) is 0 Å². The van der Waals surface area contributed by atoms with Gasteiger partial charge in [-0.2, -0.15) is 0 Å². The van der Waals surface area contributed by atoms with Gasteiger partial charge in [-0.15, -0.1) is 11.3 Å². The average molecular weight is 344 g/mol. The molecule has 0 saturated carbocycles. The zero-order valence-corrected chi connectivity index (χ0v) is 15.0. The lowest BCUT2D eigenvalue weighted by atomic mass is 10.2. The maximum absolute atomic E-state index is 6.17. The first-order valence-electron chi connectivity index (χ1n) is 8.09. The van der Waals surface area contributed by atoms with Crippen LogP contribution in [0.25, 0.3) is 0 Å². The Kier molecular flexibility index (Phi) is 5.20. The van der Waals surface area contributed by atoms with Crippen LogP contribution in [0.1, 0.15) is 5.56 Å². The van der Waals surface area contributed by atoms with Crippen LogP contribution in [0.4, 0.5) is 10.8 Å². The second kappa shape index (κ2) is 7.53. The molecule has 1 fully saturated rings. The van der Waals surface area contributed by atoms with Crippen LogP contribution < -0.4 is 15.5 Å². The van der Waals surface area contributed by atoms with E-state index in [1.54, 1.807) is 11.3 Å². The molecule has 3 rings (SSSR count). The lowest BCUT2D eigenvalue weighted by Gasteiger charge is -2.35. The summed E-state index contributed by atoms with van der Waals surface area (Å²) in [5.41, 5.74) is 8.53. The Bertz CT molecular complexity index is 657. The summed E-state index contributed by atoms with van der Waals surface area (Å²) in [6.45, 7) is 4.25. The maximum Gasteiger partial charge on any atom is 0.191 e. The van der Waals surface area contributed by atoms with E-state index in [2.05, 4.69) is 48.9 Å². The van der Waals surface area contributed by atoms with Crippen LogP contribution in [0.3, 0.4) is 0 Å². The molecular weight excluding hydrogens is 320 g/mol. The molecule has 0 bridgehead atoms. The average Bonchev–Trinajstić information content (AvgIpc) is 3.15. The SMILES string of the molecule is CN(C)c1ccc(CN=C(N)N2CCN(c3nccs3)CC2)cc1. The van der Waals surface area contributed by atoms with E-state index < -0.39 is 0 Å². The fourth-order valence-electron chi connectivity index (χ4n) is 2.67. The first-order chi connectivity index (χ1) is 11.6. The van der Waals surface area contributed by atoms with Crippen molar-refractivity contribution in [3.8, 4) is 0 Å². The van der Waals surface area contributed by atoms with Gasteiger partial charge in [0.2, 0.25) is 0 Å². The molecule has 0 radical (unpaired) electrons. The van der Waals surface area contributed by atoms with Gasteiger partial charge in [-0.3, -0.25) is 0 Å². The van der Waals surface area contributed by atoms with E-state index >= 15 is 0 Å². The predicted molar refractivity (Wildman–Crippen MR) is 102 cm³/mol. The molecule has 0 amide bonds. The molecule has 6 nitrogen and oxygen atoms in total. The molecule has 0 atom stereocenters. The molecule has 1 aliphatic rings. The second-order valence-corrected chi connectivity index (χ2v) is 6.90. The summed E-state index contributed by atoms with van der Waals surface area (Å²) in [7, 11) is 4.08. The molecule has 2 aromatic rings. The highest BCUT2D eigenvalue weighted by Crippen LogP contribution is 2.19. The highest BCUT2D eigenvalue weighted by atomic mass is 32.1. The molecular formula is C17H24N6S. The predicted octanol–water partition coefficient (Wildman–Crippen LogP) is 1.85. The number of anilines is 2. The van der Waals surface area contributed by atoms with Crippen molar-refractivity contribution in [2.45, 2.75) is 6.54 Å². The van der Waals surface area contributed by atoms with Gasteiger partial charge in [0.05, 0.1) is 6.54 Å². The number of hydrogen-bond acceptors (Lipinski definition) is 5. The third-order valence-electron chi connectivity index (χ3n) is 4.17. The minimum atomic E-state index is 0.617. The number of hydrogen-bond donors (Lipinski definition) is 1. The molecule has 2 N–H and O–H groups in total. The van der Waals surface area contributed by atoms with Gasteiger partial charge in [0, 0.05) is 57.5 Å². The number of piperazine rings is 1. The van der Waals surface area contributed by atoms with E-state index in [4.69, 9.17) is 5.73 Å². The standard InChI is InChI=1S/C17H24N6S/c1-21(2)15-5-3-14(4-6-15)13-20-16(18)22-8-10-23(11-9-22)17-19-7-12-24-17/h3-7,12H,8-11,13H2,1-2H3,(H2,18,20). The van der Waals surface area contributed by atoms with Crippen molar-refractivity contribution in [2.24, 2.45) is 10.7 Å². The van der Waals surface area contributed by atoms with E-state index in [0.717, 1.165) is 31.3 Å². The summed E-state index contributed by atoms with van der Waals surface area (Å²) in [6.07, 6.45) is 1.85. The van der Waals surface area contributed by atoms with Crippen LogP contribution in [0, 0.1) is 0 Å². The molecule has 1 saturated heterocycles. The van der Waals surface area contributed by atoms with Crippen LogP contribution in [-0.2, 0) is 6.54 Å². The third kappa shape index (κ3) is 3.97. The van der Waals surface area contributed by atoms with Gasteiger partial charge < -0.3 is 20.4 Å². The van der Waals surface area contributed by atoms with Gasteiger partial charge in [-0.1, -0.05) is 12.1 Å². The van der Waals surface area contributed by atoms with Crippen molar-refractivity contribution in [1.82, 2.24) is 9.88 Å². The molecule has 7 heteroatoms. The summed E-state index contributed by atoms with van der Waals surface area (Å²) < 4.78 is 0. The molecule has 1 aromatic heterocycles. The zero-order chi connectivity index (χ0) is 16.9. The van der Waals surface area contributed by atoms with Crippen molar-refractivity contribution in [1.29, 1.82) is 0 Å². The number of thiazole rings is 1. The molecule has 2 heterocycles. The summed E-state index contributed by atoms with van der Waals surface area (Å²) in [4.78, 5) is 15.5. The van der Waals surface area contributed by atoms with E-state index in [1.807, 2.05) is 25.7 Å². The van der Waals surface area contributed by atoms with Gasteiger partial charge in [0.1, 0.15) is 0 Å². The topological polar surface area (TPSA) is 61.0 Å². The highest BCUT2D eigenvalue weighted by Gasteiger charge is 2.19. The Balaban J connectivity index is 1.53. The quantitative estimate of drug-likeness (QED) is 0.677. The van der Waals surface area contributed by atoms with Gasteiger partial charge in [0.15, 0.2) is 11.1 Å². The molecule has 1 aliphatic heterocycles. The fraction of sp³-hybridized carbons (Fsp3) is 0.412. The molecule has 128 valence electrons. The van der Waals surface area contributed by atoms with Crippen molar-refractivity contribution >= 4 is 28.1 Å². The number of benzene rings is 1. The van der Waals surface area contributed by atoms with Gasteiger partial charge in [-0.05, 0) is 17.7 Å². The number of rotatable bonds is 4. The number of guanidine groups is 1. The third-order valence-corrected chi connectivity index (χ3v) is 5.00. The van der Waals surface area contributed by atoms with E-state index in [1.165, 1.54) is 11.3 Å². The van der Waals surface area contributed by atoms with Crippen molar-refractivity contribution in [2.75, 3.05) is 50.1 Å². The van der Waals surface area contributed by atoms with Crippen LogP contribution in [0.2, 0.25) is 0 Å². The Labute approximate surface area is 147 Å². The lowest BCUT2D eigenvalue weighted by Crippen LogP contribution is -2.51. The number of nitrogens with two attached hydrogens (primary N) is 1. The Morgan fingerprint density at radius 2 is 1.92 bits per heavy atom. The van der Waals surface area contributed by atoms with Crippen molar-refractivity contribution < 1.29 is 0 Å². The molecule has 24 heavy (non-hydrogen) atoms. The maximum atomic E-state index is 6.17. The van der Waals surface area contributed by atoms with E-state index in [9.17, 15) is 0 Å². The highest BCUT2D eigenvalue weighted by molar-refractivity contribution is 7.13. The number of aromatic nitrogens is 1. The Hall–Kier alpha value is -2.28. The van der Waals surface area contributed by atoms with Crippen molar-refractivity contribution in [3.05, 3.63) is 41.4 Å². The monoisotopic (exact) mass is 344 g/mol. The van der Waals surface area contributed by atoms with Crippen LogP contribution >= 0.6 is 11.3 Å². The Morgan fingerprint density at radius 1 is 1.21 bits per heavy atom. The van der Waals surface area contributed by atoms with E-state index in [0.29, 0.717) is 12.5 Å². The summed E-state index contributed by atoms with van der Waals surface area (Å²) in [5, 5.41) is 3.10. The van der Waals surface area contributed by atoms with Gasteiger partial charge in [0.25, 0.3) is 0 Å². The largest absolute Gasteiger partial charge is 0.378 e. The molecule has 0 unspecified atom stereocenters. The second-order valence-electron chi connectivity index (χ2n) is 6.02. The first kappa shape index (κ1) is 16.6. The van der Waals surface area contributed by atoms with Gasteiger partial charge >= 0.3 is 0 Å². The van der Waals surface area contributed by atoms with Crippen LogP contribution in [-0.4, -0.2) is 56.1 Å². The lowest BCUT2D eigenvalue weighted by molar-refractivity contribution is 0.380. The normalized spacial score (nSPS) is 15.7. The Morgan fingerprint density at radius 3 is 2.50 bits per heavy atom. The first-order valence-corrected chi connectivity index (χ1v) is 8.97. The zero-order valence-electron chi connectivity index (χ0n) is 14.2. The van der Waals surface area contributed by atoms with Crippen LogP contribution in [0.15, 0.2) is 40.8 Å². The molecule has 0 spiro atoms. The number of nitrogens with zero attached hydrogens (tertiary/aromatic N) is 5. The number of aliphatic imine (C=N–C) groups is 1. The molecule has 0 aliphatic carbocycles. The summed E-state index contributed by atoms with van der Waals surface area (Å²) in [6, 6.07) is 8.42. The van der Waals surface area contributed by atoms with E-state index in [-0.39, 0.29) is 0 Å². The minimum Gasteiger partial charge on any atom is -0.378 e.